The molecule has 0 unspecified atom stereocenters. The molecule has 2 aromatic rings. The SMILES string of the molecule is Cc1ccc(OCC(=O)CC2CCC(NC(=O)COc3ccc(Cl)c(F)c3)CC2)cc1F. The quantitative estimate of drug-likeness (QED) is 0.565. The van der Waals surface area contributed by atoms with E-state index in [0.29, 0.717) is 17.7 Å². The third kappa shape index (κ3) is 7.19. The molecule has 0 radical (unpaired) electrons. The van der Waals surface area contributed by atoms with E-state index in [4.69, 9.17) is 21.1 Å². The molecule has 1 saturated carbocycles. The Balaban J connectivity index is 1.33. The van der Waals surface area contributed by atoms with Crippen LogP contribution in [-0.4, -0.2) is 30.9 Å². The molecule has 1 fully saturated rings. The van der Waals surface area contributed by atoms with E-state index < -0.39 is 5.82 Å². The van der Waals surface area contributed by atoms with Gasteiger partial charge in [-0.3, -0.25) is 9.59 Å². The van der Waals surface area contributed by atoms with Gasteiger partial charge in [-0.05, 0) is 62.3 Å². The van der Waals surface area contributed by atoms with E-state index in [0.717, 1.165) is 31.7 Å². The average Bonchev–Trinajstić information content (AvgIpc) is 2.77. The molecule has 0 bridgehead atoms. The number of carbonyl (C=O) groups is 2. The predicted octanol–water partition coefficient (Wildman–Crippen LogP) is 5.02. The Bertz CT molecular complexity index is 884. The summed E-state index contributed by atoms with van der Waals surface area (Å²) in [6, 6.07) is 8.57. The van der Waals surface area contributed by atoms with E-state index in [1.165, 1.54) is 18.2 Å². The molecule has 0 atom stereocenters. The topological polar surface area (TPSA) is 64.6 Å². The Hall–Kier alpha value is -2.67. The van der Waals surface area contributed by atoms with Crippen molar-refractivity contribution in [2.45, 2.75) is 45.1 Å². The largest absolute Gasteiger partial charge is 0.486 e. The van der Waals surface area contributed by atoms with Crippen LogP contribution in [0.4, 0.5) is 8.78 Å². The molecule has 0 heterocycles. The van der Waals surface area contributed by atoms with Crippen LogP contribution in [0.5, 0.6) is 11.5 Å². The molecule has 5 nitrogen and oxygen atoms in total. The summed E-state index contributed by atoms with van der Waals surface area (Å²) in [7, 11) is 0. The van der Waals surface area contributed by atoms with E-state index in [-0.39, 0.29) is 53.5 Å². The number of ether oxygens (including phenoxy) is 2. The Labute approximate surface area is 191 Å². The fourth-order valence-corrected chi connectivity index (χ4v) is 3.82. The van der Waals surface area contributed by atoms with Crippen molar-refractivity contribution in [1.82, 2.24) is 5.32 Å². The summed E-state index contributed by atoms with van der Waals surface area (Å²) in [5, 5.41) is 2.91. The second kappa shape index (κ2) is 11.3. The first-order chi connectivity index (χ1) is 15.3. The van der Waals surface area contributed by atoms with Gasteiger partial charge in [-0.25, -0.2) is 8.78 Å². The van der Waals surface area contributed by atoms with E-state index in [1.54, 1.807) is 19.1 Å². The zero-order valence-electron chi connectivity index (χ0n) is 17.8. The molecule has 172 valence electrons. The van der Waals surface area contributed by atoms with Gasteiger partial charge in [0.05, 0.1) is 5.02 Å². The summed E-state index contributed by atoms with van der Waals surface area (Å²) in [4.78, 5) is 24.3. The highest BCUT2D eigenvalue weighted by atomic mass is 35.5. The van der Waals surface area contributed by atoms with Crippen LogP contribution in [0.15, 0.2) is 36.4 Å². The zero-order chi connectivity index (χ0) is 23.1. The van der Waals surface area contributed by atoms with Gasteiger partial charge in [0.15, 0.2) is 12.4 Å². The molecule has 0 aromatic heterocycles. The Kier molecular flexibility index (Phi) is 8.45. The molecule has 3 rings (SSSR count). The molecule has 1 N–H and O–H groups in total. The molecule has 8 heteroatoms. The van der Waals surface area contributed by atoms with Gasteiger partial charge in [-0.15, -0.1) is 0 Å². The smallest absolute Gasteiger partial charge is 0.258 e. The fraction of sp³-hybridized carbons (Fsp3) is 0.417. The maximum Gasteiger partial charge on any atom is 0.258 e. The number of amides is 1. The number of Topliss-reactive ketones (excluding diaryl/α,β-unsaturated/α-hetero) is 1. The number of nitrogens with one attached hydrogen (secondary N) is 1. The normalized spacial score (nSPS) is 18.1. The highest BCUT2D eigenvalue weighted by Crippen LogP contribution is 2.27. The number of halogens is 3. The minimum absolute atomic E-state index is 0.00680. The number of carbonyl (C=O) groups excluding carboxylic acids is 2. The highest BCUT2D eigenvalue weighted by Gasteiger charge is 2.24. The molecule has 0 aliphatic heterocycles. The van der Waals surface area contributed by atoms with E-state index >= 15 is 0 Å². The maximum absolute atomic E-state index is 13.5. The standard InChI is InChI=1S/C24H26ClF2NO4/c1-15-2-7-19(11-22(15)26)31-13-18(29)10-16-3-5-17(6-4-16)28-24(30)14-32-20-8-9-21(25)23(27)12-20/h2,7-9,11-12,16-17H,3-6,10,13-14H2,1H3,(H,28,30). The Morgan fingerprint density at radius 1 is 0.969 bits per heavy atom. The van der Waals surface area contributed by atoms with E-state index in [2.05, 4.69) is 5.32 Å². The summed E-state index contributed by atoms with van der Waals surface area (Å²) in [6.45, 7) is 1.37. The summed E-state index contributed by atoms with van der Waals surface area (Å²) in [5.74, 6) is -0.450. The number of rotatable bonds is 9. The van der Waals surface area contributed by atoms with Gasteiger partial charge in [0.25, 0.3) is 5.91 Å². The van der Waals surface area contributed by atoms with Crippen LogP contribution in [0.3, 0.4) is 0 Å². The molecule has 0 spiro atoms. The molecule has 1 aliphatic rings. The van der Waals surface area contributed by atoms with Crippen molar-refractivity contribution in [3.8, 4) is 11.5 Å². The van der Waals surface area contributed by atoms with Crippen molar-refractivity contribution in [3.63, 3.8) is 0 Å². The third-order valence-electron chi connectivity index (χ3n) is 5.53. The highest BCUT2D eigenvalue weighted by molar-refractivity contribution is 6.30. The maximum atomic E-state index is 13.5. The van der Waals surface area contributed by atoms with Gasteiger partial charge < -0.3 is 14.8 Å². The number of hydrogen-bond donors (Lipinski definition) is 1. The second-order valence-corrected chi connectivity index (χ2v) is 8.50. The average molecular weight is 466 g/mol. The van der Waals surface area contributed by atoms with E-state index in [1.807, 2.05) is 0 Å². The number of aryl methyl sites for hydroxylation is 1. The number of hydrogen-bond acceptors (Lipinski definition) is 4. The van der Waals surface area contributed by atoms with E-state index in [9.17, 15) is 18.4 Å². The second-order valence-electron chi connectivity index (χ2n) is 8.09. The summed E-state index contributed by atoms with van der Waals surface area (Å²) in [5.41, 5.74) is 0.526. The molecule has 1 amide bonds. The minimum Gasteiger partial charge on any atom is -0.486 e. The molecule has 1 aliphatic carbocycles. The lowest BCUT2D eigenvalue weighted by Crippen LogP contribution is -2.40. The van der Waals surface area contributed by atoms with Crippen LogP contribution in [0.1, 0.15) is 37.7 Å². The summed E-state index contributed by atoms with van der Waals surface area (Å²) < 4.78 is 37.7. The number of benzene rings is 2. The Morgan fingerprint density at radius 3 is 2.25 bits per heavy atom. The van der Waals surface area contributed by atoms with Crippen LogP contribution >= 0.6 is 11.6 Å². The predicted molar refractivity (Wildman–Crippen MR) is 117 cm³/mol. The first-order valence-corrected chi connectivity index (χ1v) is 11.0. The fourth-order valence-electron chi connectivity index (χ4n) is 3.70. The number of ketones is 1. The van der Waals surface area contributed by atoms with Gasteiger partial charge in [-0.2, -0.15) is 0 Å². The summed E-state index contributed by atoms with van der Waals surface area (Å²) >= 11 is 5.62. The zero-order valence-corrected chi connectivity index (χ0v) is 18.6. The minimum atomic E-state index is -0.603. The van der Waals surface area contributed by atoms with Crippen molar-refractivity contribution < 1.29 is 27.8 Å². The lowest BCUT2D eigenvalue weighted by Gasteiger charge is -2.28. The third-order valence-corrected chi connectivity index (χ3v) is 5.84. The van der Waals surface area contributed by atoms with Gasteiger partial charge in [-0.1, -0.05) is 17.7 Å². The van der Waals surface area contributed by atoms with Crippen molar-refractivity contribution in [2.75, 3.05) is 13.2 Å². The lowest BCUT2D eigenvalue weighted by atomic mass is 9.83. The van der Waals surface area contributed by atoms with Crippen molar-refractivity contribution in [1.29, 1.82) is 0 Å². The van der Waals surface area contributed by atoms with Crippen molar-refractivity contribution >= 4 is 23.3 Å². The molecule has 32 heavy (non-hydrogen) atoms. The first-order valence-electron chi connectivity index (χ1n) is 10.6. The molecule has 0 saturated heterocycles. The summed E-state index contributed by atoms with van der Waals surface area (Å²) in [6.07, 6.45) is 3.57. The van der Waals surface area contributed by atoms with Crippen LogP contribution < -0.4 is 14.8 Å². The molecular formula is C24H26ClF2NO4. The van der Waals surface area contributed by atoms with Crippen molar-refractivity contribution in [3.05, 3.63) is 58.6 Å². The first kappa shape index (κ1) is 24.0. The monoisotopic (exact) mass is 465 g/mol. The lowest BCUT2D eigenvalue weighted by molar-refractivity contribution is -0.125. The Morgan fingerprint density at radius 2 is 1.59 bits per heavy atom. The van der Waals surface area contributed by atoms with Gasteiger partial charge in [0, 0.05) is 24.6 Å². The van der Waals surface area contributed by atoms with Gasteiger partial charge in [0.1, 0.15) is 29.7 Å². The van der Waals surface area contributed by atoms with Gasteiger partial charge in [0.2, 0.25) is 0 Å². The van der Waals surface area contributed by atoms with Crippen LogP contribution in [0.25, 0.3) is 0 Å². The van der Waals surface area contributed by atoms with Crippen LogP contribution in [0, 0.1) is 24.5 Å². The van der Waals surface area contributed by atoms with Crippen molar-refractivity contribution in [2.24, 2.45) is 5.92 Å². The van der Waals surface area contributed by atoms with Gasteiger partial charge >= 0.3 is 0 Å². The molecule has 2 aromatic carbocycles. The van der Waals surface area contributed by atoms with Crippen LogP contribution in [0.2, 0.25) is 5.02 Å². The molecular weight excluding hydrogens is 440 g/mol. The van der Waals surface area contributed by atoms with Crippen LogP contribution in [-0.2, 0) is 9.59 Å².